The molecule has 0 unspecified atom stereocenters. The molecule has 6 heteroatoms. The van der Waals surface area contributed by atoms with Gasteiger partial charge in [-0.2, -0.15) is 13.2 Å². The number of ether oxygens (including phenoxy) is 1. The highest BCUT2D eigenvalue weighted by atomic mass is 19.4. The highest BCUT2D eigenvalue weighted by Gasteiger charge is 2.43. The molecular formula is C21H22F3NO2. The molecule has 1 saturated heterocycles. The summed E-state index contributed by atoms with van der Waals surface area (Å²) < 4.78 is 45.7. The second kappa shape index (κ2) is 6.84. The first kappa shape index (κ1) is 18.3. The van der Waals surface area contributed by atoms with Crippen molar-refractivity contribution in [2.24, 2.45) is 5.92 Å². The number of aliphatic hydroxyl groups excluding tert-OH is 1. The van der Waals surface area contributed by atoms with E-state index in [0.717, 1.165) is 23.6 Å². The molecule has 4 atom stereocenters. The minimum Gasteiger partial charge on any atom is -0.394 e. The topological polar surface area (TPSA) is 41.5 Å². The van der Waals surface area contributed by atoms with Crippen LogP contribution in [0, 0.1) is 12.8 Å². The van der Waals surface area contributed by atoms with Gasteiger partial charge in [-0.1, -0.05) is 29.8 Å². The Kier molecular flexibility index (Phi) is 4.64. The van der Waals surface area contributed by atoms with Crippen molar-refractivity contribution < 1.29 is 23.0 Å². The molecular weight excluding hydrogens is 355 g/mol. The van der Waals surface area contributed by atoms with Crippen LogP contribution in [0.5, 0.6) is 0 Å². The van der Waals surface area contributed by atoms with E-state index in [1.165, 1.54) is 12.1 Å². The molecule has 0 radical (unpaired) electrons. The Morgan fingerprint density at radius 3 is 2.67 bits per heavy atom. The van der Waals surface area contributed by atoms with Crippen LogP contribution in [0.4, 0.5) is 18.9 Å². The third-order valence-corrected chi connectivity index (χ3v) is 5.58. The van der Waals surface area contributed by atoms with Crippen LogP contribution in [0.15, 0.2) is 42.5 Å². The largest absolute Gasteiger partial charge is 0.416 e. The van der Waals surface area contributed by atoms with E-state index >= 15 is 0 Å². The summed E-state index contributed by atoms with van der Waals surface area (Å²) in [4.78, 5) is 0. The number of aryl methyl sites for hydroxylation is 1. The smallest absolute Gasteiger partial charge is 0.394 e. The van der Waals surface area contributed by atoms with Crippen molar-refractivity contribution in [3.05, 3.63) is 64.7 Å². The molecule has 0 aliphatic carbocycles. The van der Waals surface area contributed by atoms with Gasteiger partial charge in [0, 0.05) is 17.2 Å². The molecule has 0 bridgehead atoms. The summed E-state index contributed by atoms with van der Waals surface area (Å²) in [6, 6.07) is 11.9. The quantitative estimate of drug-likeness (QED) is 0.773. The maximum absolute atomic E-state index is 13.2. The lowest BCUT2D eigenvalue weighted by atomic mass is 9.76. The molecule has 1 fully saturated rings. The molecule has 144 valence electrons. The number of hydrogen-bond acceptors (Lipinski definition) is 3. The van der Waals surface area contributed by atoms with Crippen molar-refractivity contribution in [2.45, 2.75) is 44.2 Å². The van der Waals surface area contributed by atoms with Crippen LogP contribution in [0.3, 0.4) is 0 Å². The van der Waals surface area contributed by atoms with E-state index in [4.69, 9.17) is 4.74 Å². The standard InChI is InChI=1S/C21H22F3NO2/c1-12-3-2-4-13(9-12)19-16-7-6-15(11-26)27-20(16)17-10-14(21(22,23)24)5-8-18(17)25-19/h2-5,8-10,15-16,19-20,25-26H,6-7,11H2,1H3/t15-,16+,19+,20+/m0/s1. The van der Waals surface area contributed by atoms with Crippen LogP contribution >= 0.6 is 0 Å². The molecule has 0 amide bonds. The number of aliphatic hydroxyl groups is 1. The molecule has 0 spiro atoms. The number of rotatable bonds is 2. The fourth-order valence-electron chi connectivity index (χ4n) is 4.26. The molecule has 0 aromatic heterocycles. The van der Waals surface area contributed by atoms with E-state index in [1.54, 1.807) is 0 Å². The fraction of sp³-hybridized carbons (Fsp3) is 0.429. The van der Waals surface area contributed by atoms with E-state index in [1.807, 2.05) is 25.1 Å². The zero-order valence-corrected chi connectivity index (χ0v) is 15.0. The van der Waals surface area contributed by atoms with E-state index < -0.39 is 17.8 Å². The van der Waals surface area contributed by atoms with Gasteiger partial charge < -0.3 is 15.2 Å². The van der Waals surface area contributed by atoms with Gasteiger partial charge in [-0.05, 0) is 43.5 Å². The van der Waals surface area contributed by atoms with E-state index in [2.05, 4.69) is 11.4 Å². The second-order valence-corrected chi connectivity index (χ2v) is 7.44. The third kappa shape index (κ3) is 3.44. The minimum absolute atomic E-state index is 0.00517. The lowest BCUT2D eigenvalue weighted by Crippen LogP contribution is -2.40. The molecule has 3 nitrogen and oxygen atoms in total. The first-order valence-corrected chi connectivity index (χ1v) is 9.17. The molecule has 2 aliphatic rings. The summed E-state index contributed by atoms with van der Waals surface area (Å²) in [5, 5.41) is 13.0. The van der Waals surface area contributed by atoms with Gasteiger partial charge in [0.15, 0.2) is 0 Å². The summed E-state index contributed by atoms with van der Waals surface area (Å²) in [6.07, 6.45) is -3.75. The van der Waals surface area contributed by atoms with Crippen LogP contribution in [0.2, 0.25) is 0 Å². The number of benzene rings is 2. The Balaban J connectivity index is 1.78. The highest BCUT2D eigenvalue weighted by Crippen LogP contribution is 2.51. The van der Waals surface area contributed by atoms with Crippen LogP contribution in [-0.2, 0) is 10.9 Å². The molecule has 2 heterocycles. The van der Waals surface area contributed by atoms with E-state index in [9.17, 15) is 18.3 Å². The lowest BCUT2D eigenvalue weighted by molar-refractivity contribution is -0.138. The van der Waals surface area contributed by atoms with Crippen molar-refractivity contribution in [1.82, 2.24) is 0 Å². The van der Waals surface area contributed by atoms with Crippen LogP contribution < -0.4 is 5.32 Å². The average molecular weight is 377 g/mol. The van der Waals surface area contributed by atoms with Gasteiger partial charge in [0.05, 0.1) is 30.4 Å². The summed E-state index contributed by atoms with van der Waals surface area (Å²) >= 11 is 0. The first-order chi connectivity index (χ1) is 12.9. The number of nitrogens with one attached hydrogen (secondary N) is 1. The van der Waals surface area contributed by atoms with Crippen LogP contribution in [-0.4, -0.2) is 17.8 Å². The Morgan fingerprint density at radius 2 is 1.96 bits per heavy atom. The normalized spacial score (nSPS) is 27.4. The number of halogens is 3. The van der Waals surface area contributed by atoms with Crippen LogP contribution in [0.1, 0.15) is 47.2 Å². The van der Waals surface area contributed by atoms with Crippen molar-refractivity contribution in [2.75, 3.05) is 11.9 Å². The van der Waals surface area contributed by atoms with Gasteiger partial charge in [-0.3, -0.25) is 0 Å². The van der Waals surface area contributed by atoms with Gasteiger partial charge >= 0.3 is 6.18 Å². The minimum atomic E-state index is -4.40. The summed E-state index contributed by atoms with van der Waals surface area (Å²) in [5.74, 6) is 0.00517. The van der Waals surface area contributed by atoms with Gasteiger partial charge in [0.2, 0.25) is 0 Å². The maximum atomic E-state index is 13.2. The number of fused-ring (bicyclic) bond motifs is 3. The van der Waals surface area contributed by atoms with Crippen molar-refractivity contribution in [1.29, 1.82) is 0 Å². The molecule has 2 aromatic rings. The Hall–Kier alpha value is -2.05. The predicted molar refractivity (Wildman–Crippen MR) is 96.4 cm³/mol. The highest BCUT2D eigenvalue weighted by molar-refractivity contribution is 5.58. The number of anilines is 1. The summed E-state index contributed by atoms with van der Waals surface area (Å²) in [5.41, 5.74) is 2.74. The summed E-state index contributed by atoms with van der Waals surface area (Å²) in [7, 11) is 0. The molecule has 4 rings (SSSR count). The van der Waals surface area contributed by atoms with E-state index in [0.29, 0.717) is 17.7 Å². The Labute approximate surface area is 156 Å². The lowest BCUT2D eigenvalue weighted by Gasteiger charge is -2.45. The van der Waals surface area contributed by atoms with Gasteiger partial charge in [0.25, 0.3) is 0 Å². The van der Waals surface area contributed by atoms with Gasteiger partial charge in [-0.15, -0.1) is 0 Å². The van der Waals surface area contributed by atoms with Crippen molar-refractivity contribution in [3.8, 4) is 0 Å². The molecule has 0 saturated carbocycles. The van der Waals surface area contributed by atoms with Gasteiger partial charge in [-0.25, -0.2) is 0 Å². The predicted octanol–water partition coefficient (Wildman–Crippen LogP) is 5.01. The molecule has 27 heavy (non-hydrogen) atoms. The van der Waals surface area contributed by atoms with Crippen molar-refractivity contribution in [3.63, 3.8) is 0 Å². The molecule has 2 aliphatic heterocycles. The third-order valence-electron chi connectivity index (χ3n) is 5.58. The first-order valence-electron chi connectivity index (χ1n) is 9.17. The Morgan fingerprint density at radius 1 is 1.15 bits per heavy atom. The van der Waals surface area contributed by atoms with Crippen molar-refractivity contribution >= 4 is 5.69 Å². The SMILES string of the molecule is Cc1cccc([C@H]2Nc3ccc(C(F)(F)F)cc3[C@@H]3O[C@H](CO)CC[C@H]23)c1. The van der Waals surface area contributed by atoms with E-state index in [-0.39, 0.29) is 24.7 Å². The summed E-state index contributed by atoms with van der Waals surface area (Å²) in [6.45, 7) is 1.90. The second-order valence-electron chi connectivity index (χ2n) is 7.44. The fourth-order valence-corrected chi connectivity index (χ4v) is 4.26. The Bertz CT molecular complexity index is 836. The number of hydrogen-bond donors (Lipinski definition) is 2. The average Bonchev–Trinajstić information content (AvgIpc) is 2.65. The maximum Gasteiger partial charge on any atom is 0.416 e. The monoisotopic (exact) mass is 377 g/mol. The molecule has 2 aromatic carbocycles. The van der Waals surface area contributed by atoms with Crippen LogP contribution in [0.25, 0.3) is 0 Å². The molecule has 2 N–H and O–H groups in total. The number of alkyl halides is 3. The zero-order valence-electron chi connectivity index (χ0n) is 15.0. The van der Waals surface area contributed by atoms with Gasteiger partial charge in [0.1, 0.15) is 0 Å². The zero-order chi connectivity index (χ0) is 19.2.